The van der Waals surface area contributed by atoms with Crippen molar-refractivity contribution in [3.63, 3.8) is 0 Å². The number of carbonyl (C=O) groups excluding carboxylic acids is 4. The summed E-state index contributed by atoms with van der Waals surface area (Å²) in [5.74, 6) is -8.88. The molecule has 4 rings (SSSR count). The molecular formula is C57H99N7O21S. The third-order valence-corrected chi connectivity index (χ3v) is 17.6. The topological polar surface area (TPSA) is 345 Å². The Morgan fingerprint density at radius 3 is 2.23 bits per heavy atom. The monoisotopic (exact) mass is 1250 g/mol. The number of oxime groups is 1. The molecule has 0 spiro atoms. The summed E-state index contributed by atoms with van der Waals surface area (Å²) in [5, 5.41) is 35.0. The first kappa shape index (κ1) is 73.9. The van der Waals surface area contributed by atoms with E-state index >= 15 is 9.59 Å². The van der Waals surface area contributed by atoms with E-state index in [4.69, 9.17) is 56.9 Å². The van der Waals surface area contributed by atoms with Gasteiger partial charge in [-0.3, -0.25) is 14.4 Å². The molecule has 4 unspecified atom stereocenters. The van der Waals surface area contributed by atoms with Gasteiger partial charge in [0.25, 0.3) is 10.0 Å². The van der Waals surface area contributed by atoms with E-state index in [2.05, 4.69) is 30.3 Å². The maximum absolute atomic E-state index is 15.9. The summed E-state index contributed by atoms with van der Waals surface area (Å²) in [7, 11) is 1.67. The van der Waals surface area contributed by atoms with Crippen molar-refractivity contribution in [3.05, 3.63) is 16.3 Å². The Labute approximate surface area is 506 Å². The highest BCUT2D eigenvalue weighted by Crippen LogP contribution is 2.40. The number of cyclic esters (lactones) is 1. The number of carbonyl (C=O) groups is 4. The number of aliphatic hydroxyl groups is 1. The number of aromatic amines is 1. The van der Waals surface area contributed by atoms with Crippen LogP contribution in [-0.2, 0) is 81.3 Å². The lowest BCUT2D eigenvalue weighted by atomic mass is 9.74. The number of nitro groups is 1. The van der Waals surface area contributed by atoms with Gasteiger partial charge in [0.1, 0.15) is 44.4 Å². The van der Waals surface area contributed by atoms with E-state index in [-0.39, 0.29) is 50.8 Å². The molecule has 0 radical (unpaired) electrons. The molecule has 0 saturated carbocycles. The molecule has 0 bridgehead atoms. The van der Waals surface area contributed by atoms with Gasteiger partial charge >= 0.3 is 23.8 Å². The average Bonchev–Trinajstić information content (AvgIpc) is 1.17. The van der Waals surface area contributed by atoms with Gasteiger partial charge in [-0.05, 0) is 85.2 Å². The predicted molar refractivity (Wildman–Crippen MR) is 311 cm³/mol. The van der Waals surface area contributed by atoms with Crippen LogP contribution in [0.4, 0.5) is 10.6 Å². The van der Waals surface area contributed by atoms with Crippen LogP contribution < -0.4 is 10.0 Å². The van der Waals surface area contributed by atoms with Gasteiger partial charge in [-0.15, -0.1) is 5.10 Å². The Kier molecular flexibility index (Phi) is 28.2. The Bertz CT molecular complexity index is 2500. The summed E-state index contributed by atoms with van der Waals surface area (Å²) in [4.78, 5) is 77.0. The molecule has 86 heavy (non-hydrogen) atoms. The standard InChI is InChI=1S/C57H99N7O21S/c1-20-63(16)26-34(7)78-29-79-47-35(8)45(83-43-23-40(62-76-19)22-33(6)80-43)31(4)24-57(15,85-55(69)60-56(13,14)28-59-86(72,73)41-25-58-61-52(41)64(70)71)51(67)37(10)48(82-42(65)21-30(2)3)36(9)46(84-53(68)38(47)11)32(5)27-77-54-50(75-18)49(74-17)44(66)39(12)81-54/h25,30-39,43-50,54,59,66H,20-24,26-29H2,1-19H3,(H,58,61)(H,60,69)/t31-,32+,33+,34-,35+,36-,37+,38?,39?,43-,44+,45-,46?,47-,48+,49+,50+,54?,57-/m0/s1. The first-order chi connectivity index (χ1) is 40.1. The number of ether oxygens (including phenoxy) is 11. The number of likely N-dealkylation sites (N-methyl/N-ethyl adjacent to an activating group) is 1. The highest BCUT2D eigenvalue weighted by molar-refractivity contribution is 7.89. The maximum Gasteiger partial charge on any atom is 0.408 e. The van der Waals surface area contributed by atoms with E-state index < -0.39 is 164 Å². The number of alkyl carbamates (subject to hydrolysis) is 1. The largest absolute Gasteiger partial charge is 0.461 e. The molecule has 3 fully saturated rings. The van der Waals surface area contributed by atoms with Gasteiger partial charge in [-0.2, -0.15) is 0 Å². The minimum Gasteiger partial charge on any atom is -0.461 e. The number of methoxy groups -OCH3 is 2. The van der Waals surface area contributed by atoms with E-state index in [1.807, 2.05) is 48.6 Å². The number of sulfonamides is 1. The van der Waals surface area contributed by atoms with Crippen LogP contribution in [0.15, 0.2) is 16.2 Å². The van der Waals surface area contributed by atoms with Gasteiger partial charge in [0.15, 0.2) is 28.9 Å². The number of rotatable bonds is 26. The van der Waals surface area contributed by atoms with Crippen LogP contribution in [0.2, 0.25) is 0 Å². The smallest absolute Gasteiger partial charge is 0.408 e. The molecule has 4 heterocycles. The van der Waals surface area contributed by atoms with E-state index in [1.54, 1.807) is 34.6 Å². The first-order valence-corrected chi connectivity index (χ1v) is 31.1. The Hall–Kier alpha value is -4.53. The van der Waals surface area contributed by atoms with Crippen LogP contribution in [0.3, 0.4) is 0 Å². The molecule has 29 heteroatoms. The molecule has 1 aromatic heterocycles. The highest BCUT2D eigenvalue weighted by atomic mass is 32.2. The van der Waals surface area contributed by atoms with Crippen LogP contribution in [-0.4, -0.2) is 209 Å². The van der Waals surface area contributed by atoms with Gasteiger partial charge in [0.05, 0.1) is 66.4 Å². The summed E-state index contributed by atoms with van der Waals surface area (Å²) < 4.78 is 98.5. The molecular weight excluding hydrogens is 1150 g/mol. The van der Waals surface area contributed by atoms with Crippen LogP contribution in [0, 0.1) is 51.5 Å². The Morgan fingerprint density at radius 2 is 1.63 bits per heavy atom. The SMILES string of the molecule is CCN(C)C[C@H](C)OCO[C@@H]1C(C)C(=O)OC([C@H](C)COC2OC(C)[C@@H](O)[C@@H](OC)[C@H]2OC)[C@H](C)[C@@H](OC(=O)CC(C)C)[C@@H](C)C(=O)[C@@](C)(OC(=O)NC(C)(C)CNS(=O)(=O)c2cn[nH]c2[N+](=O)[O-])C[C@H](C)[C@H](O[C@H]2CC(=NOC)C[C@@H](C)O2)[C@H]1C. The fourth-order valence-electron chi connectivity index (χ4n) is 11.5. The quantitative estimate of drug-likeness (QED) is 0.0301. The number of hydrogen-bond acceptors (Lipinski definition) is 24. The number of amides is 1. The lowest BCUT2D eigenvalue weighted by molar-refractivity contribution is -0.392. The van der Waals surface area contributed by atoms with Crippen molar-refractivity contribution in [1.82, 2.24) is 25.1 Å². The summed E-state index contributed by atoms with van der Waals surface area (Å²) in [6, 6.07) is 0. The van der Waals surface area contributed by atoms with Crippen molar-refractivity contribution in [3.8, 4) is 0 Å². The lowest BCUT2D eigenvalue weighted by Gasteiger charge is -2.44. The van der Waals surface area contributed by atoms with Crippen LogP contribution in [0.1, 0.15) is 130 Å². The number of nitrogens with one attached hydrogen (secondary N) is 3. The number of aromatic nitrogens is 2. The number of Topliss-reactive ketones (excluding diaryl/α,β-unsaturated/α-hetero) is 1. The molecule has 494 valence electrons. The van der Waals surface area contributed by atoms with Crippen molar-refractivity contribution >= 4 is 45.4 Å². The van der Waals surface area contributed by atoms with Crippen molar-refractivity contribution in [1.29, 1.82) is 0 Å². The van der Waals surface area contributed by atoms with Crippen molar-refractivity contribution in [2.24, 2.45) is 46.6 Å². The fraction of sp³-hybridized carbons (Fsp3) is 0.860. The zero-order valence-corrected chi connectivity index (χ0v) is 54.5. The molecule has 3 aliphatic rings. The number of H-pyrrole nitrogens is 1. The zero-order chi connectivity index (χ0) is 64.8. The first-order valence-electron chi connectivity index (χ1n) is 29.6. The summed E-state index contributed by atoms with van der Waals surface area (Å²) >= 11 is 0. The molecule has 1 amide bonds. The van der Waals surface area contributed by atoms with Crippen LogP contribution >= 0.6 is 0 Å². The highest BCUT2D eigenvalue weighted by Gasteiger charge is 2.52. The van der Waals surface area contributed by atoms with Gasteiger partial charge in [-0.1, -0.05) is 65.6 Å². The maximum atomic E-state index is 15.9. The van der Waals surface area contributed by atoms with Crippen molar-refractivity contribution < 1.29 is 94.6 Å². The van der Waals surface area contributed by atoms with Gasteiger partial charge < -0.3 is 82.4 Å². The van der Waals surface area contributed by atoms with Crippen molar-refractivity contribution in [2.75, 3.05) is 61.4 Å². The van der Waals surface area contributed by atoms with E-state index in [0.717, 1.165) is 12.7 Å². The molecule has 28 nitrogen and oxygen atoms in total. The second-order valence-corrected chi connectivity index (χ2v) is 26.5. The number of esters is 2. The second-order valence-electron chi connectivity index (χ2n) is 24.8. The third-order valence-electron chi connectivity index (χ3n) is 16.2. The normalized spacial score (nSPS) is 33.2. The van der Waals surface area contributed by atoms with E-state index in [0.29, 0.717) is 18.7 Å². The minimum absolute atomic E-state index is 0.0591. The molecule has 0 aromatic carbocycles. The van der Waals surface area contributed by atoms with Gasteiger partial charge in [-0.25, -0.2) is 17.9 Å². The number of ketones is 1. The summed E-state index contributed by atoms with van der Waals surface area (Å²) in [6.07, 6.45) is -11.0. The van der Waals surface area contributed by atoms with Crippen LogP contribution in [0.25, 0.3) is 0 Å². The zero-order valence-electron chi connectivity index (χ0n) is 53.7. The lowest BCUT2D eigenvalue weighted by Crippen LogP contribution is -2.59. The van der Waals surface area contributed by atoms with E-state index in [9.17, 15) is 33.2 Å². The molecule has 0 aliphatic carbocycles. The second kappa shape index (κ2) is 32.8. The van der Waals surface area contributed by atoms with Crippen molar-refractivity contribution in [2.45, 2.75) is 219 Å². The number of hydrogen-bond donors (Lipinski definition) is 4. The van der Waals surface area contributed by atoms with Crippen LogP contribution in [0.5, 0.6) is 0 Å². The molecule has 1 aromatic rings. The van der Waals surface area contributed by atoms with Gasteiger partial charge in [0.2, 0.25) is 0 Å². The summed E-state index contributed by atoms with van der Waals surface area (Å²) in [6.45, 7) is 26.0. The molecule has 4 N–H and O–H groups in total. The predicted octanol–water partition coefficient (Wildman–Crippen LogP) is 5.28. The van der Waals surface area contributed by atoms with E-state index in [1.165, 1.54) is 49.0 Å². The minimum atomic E-state index is -4.57. The number of nitrogens with zero attached hydrogens (tertiary/aromatic N) is 4. The molecule has 3 saturated heterocycles. The molecule has 19 atom stereocenters. The summed E-state index contributed by atoms with van der Waals surface area (Å²) in [5.41, 5.74) is -2.97. The van der Waals surface area contributed by atoms with Gasteiger partial charge in [0, 0.05) is 64.3 Å². The number of aliphatic hydroxyl groups excluding tert-OH is 1. The fourth-order valence-corrected chi connectivity index (χ4v) is 12.8. The average molecular weight is 1250 g/mol. The molecule has 3 aliphatic heterocycles. The Morgan fingerprint density at radius 1 is 0.965 bits per heavy atom. The Balaban J connectivity index is 1.94. The third kappa shape index (κ3) is 20.2.